The van der Waals surface area contributed by atoms with Crippen molar-refractivity contribution in [1.82, 2.24) is 10.2 Å². The number of hydrogen-bond donors (Lipinski definition) is 3. The lowest BCUT2D eigenvalue weighted by atomic mass is 10.0. The van der Waals surface area contributed by atoms with E-state index in [9.17, 15) is 9.59 Å². The summed E-state index contributed by atoms with van der Waals surface area (Å²) in [6.07, 6.45) is -0.118. The lowest BCUT2D eigenvalue weighted by molar-refractivity contribution is 0.0281. The molecule has 0 aliphatic carbocycles. The van der Waals surface area contributed by atoms with Gasteiger partial charge in [0.1, 0.15) is 12.4 Å². The average Bonchev–Trinajstić information content (AvgIpc) is 2.78. The molecule has 3 amide bonds. The number of rotatable bonds is 3. The van der Waals surface area contributed by atoms with Gasteiger partial charge >= 0.3 is 6.03 Å². The molecule has 8 nitrogen and oxygen atoms in total. The molecule has 0 fully saturated rings. The molecule has 3 rings (SSSR count). The van der Waals surface area contributed by atoms with E-state index in [-0.39, 0.29) is 24.0 Å². The fourth-order valence-corrected chi connectivity index (χ4v) is 3.79. The van der Waals surface area contributed by atoms with E-state index < -0.39 is 6.03 Å². The van der Waals surface area contributed by atoms with Gasteiger partial charge in [-0.15, -0.1) is 0 Å². The normalized spacial score (nSPS) is 21.8. The molecule has 33 heavy (non-hydrogen) atoms. The number of fused-ring (bicyclic) bond motifs is 1. The van der Waals surface area contributed by atoms with Gasteiger partial charge in [-0.25, -0.2) is 4.79 Å². The predicted octanol–water partition coefficient (Wildman–Crippen LogP) is 4.08. The fourth-order valence-electron chi connectivity index (χ4n) is 3.60. The van der Waals surface area contributed by atoms with Gasteiger partial charge in [0.25, 0.3) is 5.91 Å². The topological polar surface area (TPSA) is 91.9 Å². The molecule has 0 saturated heterocycles. The van der Waals surface area contributed by atoms with Gasteiger partial charge in [0.05, 0.1) is 11.7 Å². The molecule has 1 aliphatic heterocycles. The Balaban J connectivity index is 1.82. The van der Waals surface area contributed by atoms with Crippen molar-refractivity contribution in [3.05, 3.63) is 53.1 Å². The van der Waals surface area contributed by atoms with Gasteiger partial charge in [0, 0.05) is 49.7 Å². The first kappa shape index (κ1) is 24.8. The molecule has 1 heterocycles. The van der Waals surface area contributed by atoms with Crippen LogP contribution in [-0.2, 0) is 4.74 Å². The highest BCUT2D eigenvalue weighted by Crippen LogP contribution is 2.26. The first-order valence-electron chi connectivity index (χ1n) is 10.9. The van der Waals surface area contributed by atoms with E-state index in [0.29, 0.717) is 40.9 Å². The number of anilines is 2. The van der Waals surface area contributed by atoms with Gasteiger partial charge in [-0.3, -0.25) is 4.79 Å². The number of carbonyl (C=O) groups excluding carboxylic acids is 2. The van der Waals surface area contributed by atoms with Crippen LogP contribution >= 0.6 is 11.6 Å². The van der Waals surface area contributed by atoms with E-state index in [1.165, 1.54) is 0 Å². The monoisotopic (exact) mass is 474 g/mol. The van der Waals surface area contributed by atoms with Crippen molar-refractivity contribution in [3.63, 3.8) is 0 Å². The van der Waals surface area contributed by atoms with Crippen LogP contribution in [0.5, 0.6) is 5.75 Å². The minimum Gasteiger partial charge on any atom is -0.491 e. The Bertz CT molecular complexity index is 987. The van der Waals surface area contributed by atoms with Gasteiger partial charge in [0.15, 0.2) is 0 Å². The molecule has 0 aromatic heterocycles. The minimum absolute atomic E-state index is 0.0892. The molecule has 1 aliphatic rings. The number of nitrogens with one attached hydrogen (secondary N) is 3. The lowest BCUT2D eigenvalue weighted by Crippen LogP contribution is -2.44. The van der Waals surface area contributed by atoms with Crippen LogP contribution in [0.25, 0.3) is 0 Å². The number of amides is 3. The Morgan fingerprint density at radius 3 is 2.61 bits per heavy atom. The number of urea groups is 1. The third kappa shape index (κ3) is 6.83. The number of benzene rings is 2. The van der Waals surface area contributed by atoms with E-state index in [4.69, 9.17) is 21.1 Å². The third-order valence-corrected chi connectivity index (χ3v) is 5.80. The Labute approximate surface area is 199 Å². The van der Waals surface area contributed by atoms with E-state index in [0.717, 1.165) is 6.54 Å². The van der Waals surface area contributed by atoms with Crippen LogP contribution in [-0.4, -0.2) is 62.8 Å². The molecule has 0 unspecified atom stereocenters. The SMILES string of the molecule is CO[C@@H]1CN(C)C(=O)c2cc(NC(=O)Nc3cccc(Cl)c3)ccc2OC[C@@H](C)NC[C@H]1C. The second-order valence-corrected chi connectivity index (χ2v) is 8.79. The van der Waals surface area contributed by atoms with Crippen LogP contribution in [0.1, 0.15) is 24.2 Å². The van der Waals surface area contributed by atoms with Crippen molar-refractivity contribution in [3.8, 4) is 5.75 Å². The number of nitrogens with zero attached hydrogens (tertiary/aromatic N) is 1. The van der Waals surface area contributed by atoms with Gasteiger partial charge in [-0.1, -0.05) is 24.6 Å². The standard InChI is InChI=1S/C24H31ClN4O4/c1-15-12-26-16(2)14-33-21-9-8-19(11-20(21)23(30)29(3)13-22(15)32-4)28-24(31)27-18-7-5-6-17(25)10-18/h5-11,15-16,22,26H,12-14H2,1-4H3,(H2,27,28,31)/t15-,16-,22-/m1/s1. The van der Waals surface area contributed by atoms with E-state index >= 15 is 0 Å². The van der Waals surface area contributed by atoms with Gasteiger partial charge in [-0.05, 0) is 49.2 Å². The van der Waals surface area contributed by atoms with Crippen molar-refractivity contribution in [2.24, 2.45) is 5.92 Å². The molecular weight excluding hydrogens is 444 g/mol. The van der Waals surface area contributed by atoms with Crippen molar-refractivity contribution in [1.29, 1.82) is 0 Å². The van der Waals surface area contributed by atoms with Crippen LogP contribution in [0.2, 0.25) is 5.02 Å². The molecule has 2 aromatic carbocycles. The molecule has 0 radical (unpaired) electrons. The van der Waals surface area contributed by atoms with Crippen LogP contribution < -0.4 is 20.7 Å². The molecule has 0 saturated carbocycles. The zero-order valence-electron chi connectivity index (χ0n) is 19.4. The second kappa shape index (κ2) is 11.4. The highest BCUT2D eigenvalue weighted by Gasteiger charge is 2.25. The summed E-state index contributed by atoms with van der Waals surface area (Å²) in [6.45, 7) is 5.70. The summed E-state index contributed by atoms with van der Waals surface area (Å²) in [5.41, 5.74) is 1.40. The zero-order chi connectivity index (χ0) is 24.0. The number of methoxy groups -OCH3 is 1. The lowest BCUT2D eigenvalue weighted by Gasteiger charge is -2.30. The summed E-state index contributed by atoms with van der Waals surface area (Å²) in [7, 11) is 3.39. The number of likely N-dealkylation sites (N-methyl/N-ethyl adjacent to an activating group) is 1. The van der Waals surface area contributed by atoms with Crippen molar-refractivity contribution in [2.45, 2.75) is 26.0 Å². The summed E-state index contributed by atoms with van der Waals surface area (Å²) in [6, 6.07) is 11.5. The van der Waals surface area contributed by atoms with Crippen molar-refractivity contribution in [2.75, 3.05) is 44.5 Å². The Morgan fingerprint density at radius 2 is 1.91 bits per heavy atom. The molecule has 178 valence electrons. The minimum atomic E-state index is -0.446. The number of hydrogen-bond acceptors (Lipinski definition) is 5. The summed E-state index contributed by atoms with van der Waals surface area (Å²) in [5, 5.41) is 9.46. The molecule has 9 heteroatoms. The van der Waals surface area contributed by atoms with Gasteiger partial charge in [0.2, 0.25) is 0 Å². The van der Waals surface area contributed by atoms with Crippen LogP contribution in [0.15, 0.2) is 42.5 Å². The van der Waals surface area contributed by atoms with E-state index in [1.54, 1.807) is 61.5 Å². The Hall–Kier alpha value is -2.81. The number of carbonyl (C=O) groups is 2. The van der Waals surface area contributed by atoms with E-state index in [2.05, 4.69) is 22.9 Å². The van der Waals surface area contributed by atoms with Crippen LogP contribution in [0.4, 0.5) is 16.2 Å². The molecule has 3 N–H and O–H groups in total. The smallest absolute Gasteiger partial charge is 0.323 e. The highest BCUT2D eigenvalue weighted by molar-refractivity contribution is 6.30. The van der Waals surface area contributed by atoms with Gasteiger partial charge in [-0.2, -0.15) is 0 Å². The van der Waals surface area contributed by atoms with Crippen LogP contribution in [0.3, 0.4) is 0 Å². The molecule has 0 spiro atoms. The highest BCUT2D eigenvalue weighted by atomic mass is 35.5. The van der Waals surface area contributed by atoms with Crippen LogP contribution in [0, 0.1) is 5.92 Å². The largest absolute Gasteiger partial charge is 0.491 e. The summed E-state index contributed by atoms with van der Waals surface area (Å²) in [4.78, 5) is 27.4. The summed E-state index contributed by atoms with van der Waals surface area (Å²) in [5.74, 6) is 0.456. The van der Waals surface area contributed by atoms with Crippen molar-refractivity contribution < 1.29 is 19.1 Å². The fraction of sp³-hybridized carbons (Fsp3) is 0.417. The first-order valence-corrected chi connectivity index (χ1v) is 11.3. The quantitative estimate of drug-likeness (QED) is 0.623. The maximum Gasteiger partial charge on any atom is 0.323 e. The Morgan fingerprint density at radius 1 is 1.18 bits per heavy atom. The van der Waals surface area contributed by atoms with Crippen molar-refractivity contribution >= 4 is 34.9 Å². The predicted molar refractivity (Wildman–Crippen MR) is 130 cm³/mol. The molecular formula is C24H31ClN4O4. The number of halogens is 1. The maximum absolute atomic E-state index is 13.3. The second-order valence-electron chi connectivity index (χ2n) is 8.36. The molecule has 0 bridgehead atoms. The van der Waals surface area contributed by atoms with E-state index in [1.807, 2.05) is 6.92 Å². The first-order chi connectivity index (χ1) is 15.8. The zero-order valence-corrected chi connectivity index (χ0v) is 20.1. The maximum atomic E-state index is 13.3. The molecule has 3 atom stereocenters. The third-order valence-electron chi connectivity index (χ3n) is 5.57. The average molecular weight is 475 g/mol. The molecule has 2 aromatic rings. The summed E-state index contributed by atoms with van der Waals surface area (Å²) < 4.78 is 11.6. The summed E-state index contributed by atoms with van der Waals surface area (Å²) >= 11 is 5.97. The van der Waals surface area contributed by atoms with Gasteiger partial charge < -0.3 is 30.3 Å². The number of ether oxygens (including phenoxy) is 2. The Kier molecular flexibility index (Phi) is 8.55.